The molecule has 42 heavy (non-hydrogen) atoms. The van der Waals surface area contributed by atoms with E-state index in [1.165, 1.54) is 42.6 Å². The number of aromatic nitrogens is 2. The Labute approximate surface area is 248 Å². The van der Waals surface area contributed by atoms with Gasteiger partial charge in [-0.05, 0) is 51.0 Å². The van der Waals surface area contributed by atoms with E-state index in [1.807, 2.05) is 32.9 Å². The lowest BCUT2D eigenvalue weighted by Gasteiger charge is -2.47. The van der Waals surface area contributed by atoms with Gasteiger partial charge in [0, 0.05) is 12.1 Å². The molecule has 0 unspecified atom stereocenters. The molecular formula is C31H47N5O6. The number of nitrogens with one attached hydrogen (secondary N) is 1. The van der Waals surface area contributed by atoms with Gasteiger partial charge in [0.25, 0.3) is 5.89 Å². The Hall–Kier alpha value is -3.47. The van der Waals surface area contributed by atoms with Gasteiger partial charge >= 0.3 is 12.2 Å². The summed E-state index contributed by atoms with van der Waals surface area (Å²) in [7, 11) is 0. The van der Waals surface area contributed by atoms with E-state index in [0.29, 0.717) is 5.82 Å². The predicted octanol–water partition coefficient (Wildman–Crippen LogP) is 6.51. The van der Waals surface area contributed by atoms with Crippen LogP contribution in [0.25, 0.3) is 11.4 Å². The summed E-state index contributed by atoms with van der Waals surface area (Å²) < 4.78 is 11.2. The molecule has 1 aromatic heterocycles. The zero-order valence-electron chi connectivity index (χ0n) is 26.1. The van der Waals surface area contributed by atoms with Gasteiger partial charge in [-0.3, -0.25) is 5.32 Å². The van der Waals surface area contributed by atoms with E-state index in [1.54, 1.807) is 20.8 Å². The minimum absolute atomic E-state index is 0.0928. The number of aliphatic hydroxyl groups is 1. The maximum Gasteiger partial charge on any atom is 0.434 e. The van der Waals surface area contributed by atoms with Gasteiger partial charge in [0.15, 0.2) is 5.54 Å². The van der Waals surface area contributed by atoms with Crippen molar-refractivity contribution in [2.45, 2.75) is 117 Å². The SMILES string of the molecule is CCCCCCCCc1ccc(-c2noc([C@]3(C(C)(C)C)[C@@H](O)CCN3C(=NC(=O)O)NC(=O)OC(C)(C)C)n2)cc1. The normalized spacial score (nSPS) is 19.7. The molecule has 2 atom stereocenters. The fraction of sp³-hybridized carbons (Fsp3) is 0.645. The molecule has 11 nitrogen and oxygen atoms in total. The van der Waals surface area contributed by atoms with E-state index < -0.39 is 34.8 Å². The number of carbonyl (C=O) groups excluding carboxylic acids is 1. The molecule has 2 aromatic rings. The maximum atomic E-state index is 12.7. The number of carboxylic acid groups (broad SMARTS) is 1. The first kappa shape index (κ1) is 33.0. The number of rotatable bonds is 9. The summed E-state index contributed by atoms with van der Waals surface area (Å²) in [5.41, 5.74) is -1.01. The second kappa shape index (κ2) is 13.7. The monoisotopic (exact) mass is 585 g/mol. The van der Waals surface area contributed by atoms with Crippen molar-refractivity contribution in [1.82, 2.24) is 20.4 Å². The first-order valence-corrected chi connectivity index (χ1v) is 14.9. The number of aryl methyl sites for hydroxylation is 1. The summed E-state index contributed by atoms with van der Waals surface area (Å²) in [6.07, 6.45) is 5.29. The molecule has 0 radical (unpaired) electrons. The highest BCUT2D eigenvalue weighted by Gasteiger charge is 2.62. The molecule has 0 aliphatic carbocycles. The number of benzene rings is 1. The predicted molar refractivity (Wildman–Crippen MR) is 160 cm³/mol. The number of nitrogens with zero attached hydrogens (tertiary/aromatic N) is 4. The van der Waals surface area contributed by atoms with Crippen LogP contribution in [0.3, 0.4) is 0 Å². The van der Waals surface area contributed by atoms with Crippen molar-refractivity contribution in [1.29, 1.82) is 0 Å². The largest absolute Gasteiger partial charge is 0.463 e. The average molecular weight is 586 g/mol. The topological polar surface area (TPSA) is 150 Å². The Morgan fingerprint density at radius 3 is 2.33 bits per heavy atom. The number of aliphatic hydroxyl groups excluding tert-OH is 1. The van der Waals surface area contributed by atoms with Crippen LogP contribution in [0, 0.1) is 5.41 Å². The molecule has 0 spiro atoms. The molecule has 3 rings (SSSR count). The number of aliphatic imine (C=N–C) groups is 1. The Bertz CT molecular complexity index is 1230. The summed E-state index contributed by atoms with van der Waals surface area (Å²) in [4.78, 5) is 34.3. The lowest BCUT2D eigenvalue weighted by atomic mass is 9.70. The Kier molecular flexibility index (Phi) is 10.8. The molecule has 1 aliphatic heterocycles. The van der Waals surface area contributed by atoms with Crippen LogP contribution >= 0.6 is 0 Å². The molecule has 2 amide bonds. The number of carbonyl (C=O) groups is 2. The zero-order chi connectivity index (χ0) is 31.1. The number of hydrogen-bond donors (Lipinski definition) is 3. The van der Waals surface area contributed by atoms with E-state index >= 15 is 0 Å². The lowest BCUT2D eigenvalue weighted by molar-refractivity contribution is -0.0493. The maximum absolute atomic E-state index is 12.7. The van der Waals surface area contributed by atoms with E-state index in [0.717, 1.165) is 18.4 Å². The Morgan fingerprint density at radius 2 is 1.74 bits per heavy atom. The third-order valence-corrected chi connectivity index (χ3v) is 7.53. The van der Waals surface area contributed by atoms with Crippen LogP contribution in [0.2, 0.25) is 0 Å². The molecule has 232 valence electrons. The molecule has 2 heterocycles. The fourth-order valence-corrected chi connectivity index (χ4v) is 5.64. The molecular weight excluding hydrogens is 538 g/mol. The number of guanidine groups is 1. The van der Waals surface area contributed by atoms with Crippen LogP contribution in [0.5, 0.6) is 0 Å². The molecule has 1 saturated heterocycles. The van der Waals surface area contributed by atoms with Crippen LogP contribution in [0.4, 0.5) is 9.59 Å². The first-order chi connectivity index (χ1) is 19.7. The highest BCUT2D eigenvalue weighted by atomic mass is 16.6. The van der Waals surface area contributed by atoms with Gasteiger partial charge in [-0.2, -0.15) is 4.98 Å². The van der Waals surface area contributed by atoms with Crippen LogP contribution in [0.1, 0.15) is 105 Å². The summed E-state index contributed by atoms with van der Waals surface area (Å²) >= 11 is 0. The van der Waals surface area contributed by atoms with Crippen LogP contribution in [-0.2, 0) is 16.7 Å². The summed E-state index contributed by atoms with van der Waals surface area (Å²) in [5.74, 6) is 0.146. The van der Waals surface area contributed by atoms with Gasteiger partial charge in [-0.25, -0.2) is 9.59 Å². The van der Waals surface area contributed by atoms with Crippen molar-refractivity contribution in [3.05, 3.63) is 35.7 Å². The zero-order valence-corrected chi connectivity index (χ0v) is 26.1. The van der Waals surface area contributed by atoms with Gasteiger partial charge in [0.05, 0.1) is 6.10 Å². The molecule has 11 heteroatoms. The van der Waals surface area contributed by atoms with Crippen molar-refractivity contribution >= 4 is 18.1 Å². The van der Waals surface area contributed by atoms with Gasteiger partial charge in [-0.1, -0.05) is 89.2 Å². The highest BCUT2D eigenvalue weighted by molar-refractivity contribution is 5.99. The first-order valence-electron chi connectivity index (χ1n) is 14.9. The third-order valence-electron chi connectivity index (χ3n) is 7.53. The molecule has 0 saturated carbocycles. The Balaban J connectivity index is 1.91. The number of hydrogen-bond acceptors (Lipinski definition) is 7. The molecule has 0 bridgehead atoms. The number of unbranched alkanes of at least 4 members (excludes halogenated alkanes) is 5. The van der Waals surface area contributed by atoms with Crippen LogP contribution in [0.15, 0.2) is 33.8 Å². The molecule has 3 N–H and O–H groups in total. The number of ether oxygens (including phenoxy) is 1. The van der Waals surface area contributed by atoms with E-state index in [4.69, 9.17) is 14.2 Å². The minimum Gasteiger partial charge on any atom is -0.463 e. The van der Waals surface area contributed by atoms with Crippen molar-refractivity contribution in [2.24, 2.45) is 10.4 Å². The summed E-state index contributed by atoms with van der Waals surface area (Å²) in [6, 6.07) is 8.04. The van der Waals surface area contributed by atoms with Gasteiger partial charge in [-0.15, -0.1) is 4.99 Å². The molecule has 1 aliphatic rings. The molecule has 1 fully saturated rings. The van der Waals surface area contributed by atoms with Crippen molar-refractivity contribution in [3.63, 3.8) is 0 Å². The second-order valence-electron chi connectivity index (χ2n) is 13.0. The van der Waals surface area contributed by atoms with Gasteiger partial charge < -0.3 is 24.4 Å². The van der Waals surface area contributed by atoms with Crippen LogP contribution in [-0.4, -0.2) is 61.6 Å². The van der Waals surface area contributed by atoms with Gasteiger partial charge in [0.2, 0.25) is 11.8 Å². The minimum atomic E-state index is -1.52. The van der Waals surface area contributed by atoms with E-state index in [9.17, 15) is 19.8 Å². The van der Waals surface area contributed by atoms with Crippen molar-refractivity contribution in [2.75, 3.05) is 6.54 Å². The van der Waals surface area contributed by atoms with Gasteiger partial charge in [0.1, 0.15) is 5.60 Å². The summed E-state index contributed by atoms with van der Waals surface area (Å²) in [5, 5.41) is 27.7. The van der Waals surface area contributed by atoms with Crippen molar-refractivity contribution < 1.29 is 29.1 Å². The smallest absolute Gasteiger partial charge is 0.434 e. The third kappa shape index (κ3) is 7.87. The highest BCUT2D eigenvalue weighted by Crippen LogP contribution is 2.51. The number of amides is 2. The fourth-order valence-electron chi connectivity index (χ4n) is 5.64. The molecule has 1 aromatic carbocycles. The second-order valence-corrected chi connectivity index (χ2v) is 13.0. The van der Waals surface area contributed by atoms with E-state index in [-0.39, 0.29) is 24.8 Å². The number of alkyl carbamates (subject to hydrolysis) is 1. The van der Waals surface area contributed by atoms with Crippen molar-refractivity contribution in [3.8, 4) is 11.4 Å². The van der Waals surface area contributed by atoms with Crippen LogP contribution < -0.4 is 5.32 Å². The Morgan fingerprint density at radius 1 is 1.10 bits per heavy atom. The summed E-state index contributed by atoms with van der Waals surface area (Å²) in [6.45, 7) is 13.1. The lowest BCUT2D eigenvalue weighted by Crippen LogP contribution is -2.61. The van der Waals surface area contributed by atoms with E-state index in [2.05, 4.69) is 34.5 Å². The number of likely N-dealkylation sites (tertiary alicyclic amines) is 1. The quantitative estimate of drug-likeness (QED) is 0.170. The average Bonchev–Trinajstić information content (AvgIpc) is 3.50. The standard InChI is InChI=1S/C31H47N5O6/c1-8-9-10-11-12-13-14-21-15-17-22(18-16-21)24-32-25(42-35-24)31(29(2,3)4)23(37)19-20-36(31)26(33-27(38)39)34-28(40)41-30(5,6)7/h15-18,23,37H,8-14,19-20H2,1-7H3,(H,38,39)(H,33,34,40)/t23-,31-/m0/s1.